The molecule has 4 nitrogen and oxygen atoms in total. The summed E-state index contributed by atoms with van der Waals surface area (Å²) in [6.07, 6.45) is 2.98. The Hall–Kier alpha value is -0.420. The second-order valence-electron chi connectivity index (χ2n) is 6.09. The van der Waals surface area contributed by atoms with Crippen molar-refractivity contribution in [2.24, 2.45) is 0 Å². The average Bonchev–Trinajstić information content (AvgIpc) is 2.25. The highest BCUT2D eigenvalue weighted by atomic mass is 32.2. The zero-order valence-corrected chi connectivity index (χ0v) is 12.7. The summed E-state index contributed by atoms with van der Waals surface area (Å²) in [6, 6.07) is -0.0751. The Balaban J connectivity index is 2.64. The van der Waals surface area contributed by atoms with Gasteiger partial charge in [-0.2, -0.15) is 0 Å². The number of sulfone groups is 1. The van der Waals surface area contributed by atoms with Gasteiger partial charge in [0.05, 0.1) is 16.5 Å². The number of hydrogen-bond donors (Lipinski definition) is 0. The van der Waals surface area contributed by atoms with Crippen molar-refractivity contribution in [2.45, 2.75) is 57.7 Å². The molecule has 0 amide bonds. The Labute approximate surface area is 111 Å². The van der Waals surface area contributed by atoms with Crippen LogP contribution in [0, 0.1) is 0 Å². The van der Waals surface area contributed by atoms with Crippen molar-refractivity contribution in [2.75, 3.05) is 18.8 Å². The van der Waals surface area contributed by atoms with E-state index in [-0.39, 0.29) is 17.6 Å². The van der Waals surface area contributed by atoms with Crippen molar-refractivity contribution in [3.05, 3.63) is 0 Å². The van der Waals surface area contributed by atoms with Gasteiger partial charge in [-0.3, -0.25) is 9.69 Å². The van der Waals surface area contributed by atoms with Gasteiger partial charge in [0.15, 0.2) is 9.84 Å². The minimum atomic E-state index is -3.10. The number of carbonyl (C=O) groups excluding carboxylic acids is 1. The summed E-state index contributed by atoms with van der Waals surface area (Å²) in [7, 11) is -3.10. The summed E-state index contributed by atoms with van der Waals surface area (Å²) < 4.78 is 23.4. The first kappa shape index (κ1) is 15.6. The largest absolute Gasteiger partial charge is 0.298 e. The molecule has 0 aromatic rings. The molecule has 1 saturated heterocycles. The second-order valence-corrected chi connectivity index (χ2v) is 8.95. The molecular weight excluding hydrogens is 250 g/mol. The Morgan fingerprint density at radius 2 is 1.89 bits per heavy atom. The predicted octanol–water partition coefficient (Wildman–Crippen LogP) is 1.64. The van der Waals surface area contributed by atoms with Crippen molar-refractivity contribution in [3.8, 4) is 0 Å². The van der Waals surface area contributed by atoms with Crippen LogP contribution in [0.5, 0.6) is 0 Å². The number of likely N-dealkylation sites (tertiary alicyclic amines) is 1. The zero-order chi connectivity index (χ0) is 14.0. The molecule has 1 heterocycles. The number of rotatable bonds is 4. The second kappa shape index (κ2) is 5.70. The SMILES string of the molecule is CC(=O)C1CCCCN1CCS(=O)(=O)C(C)(C)C. The lowest BCUT2D eigenvalue weighted by Crippen LogP contribution is -2.47. The first-order chi connectivity index (χ1) is 8.15. The number of ketones is 1. The van der Waals surface area contributed by atoms with Crippen LogP contribution in [0.4, 0.5) is 0 Å². The molecule has 0 N–H and O–H groups in total. The number of hydrogen-bond acceptors (Lipinski definition) is 4. The molecule has 1 atom stereocenters. The van der Waals surface area contributed by atoms with Gasteiger partial charge in [-0.1, -0.05) is 6.42 Å². The molecule has 106 valence electrons. The minimum absolute atomic E-state index is 0.0751. The lowest BCUT2D eigenvalue weighted by Gasteiger charge is -2.34. The van der Waals surface area contributed by atoms with E-state index in [4.69, 9.17) is 0 Å². The Kier molecular flexibility index (Phi) is 4.95. The van der Waals surface area contributed by atoms with Crippen LogP contribution in [-0.2, 0) is 14.6 Å². The van der Waals surface area contributed by atoms with E-state index < -0.39 is 14.6 Å². The molecule has 1 rings (SSSR count). The van der Waals surface area contributed by atoms with E-state index in [1.807, 2.05) is 4.90 Å². The van der Waals surface area contributed by atoms with Gasteiger partial charge in [-0.15, -0.1) is 0 Å². The molecule has 1 aliphatic heterocycles. The molecule has 0 saturated carbocycles. The highest BCUT2D eigenvalue weighted by molar-refractivity contribution is 7.92. The monoisotopic (exact) mass is 275 g/mol. The van der Waals surface area contributed by atoms with Crippen LogP contribution in [0.2, 0.25) is 0 Å². The lowest BCUT2D eigenvalue weighted by molar-refractivity contribution is -0.123. The first-order valence-electron chi connectivity index (χ1n) is 6.62. The summed E-state index contributed by atoms with van der Waals surface area (Å²) in [6.45, 7) is 8.08. The van der Waals surface area contributed by atoms with Crippen molar-refractivity contribution in [1.82, 2.24) is 4.90 Å². The zero-order valence-electron chi connectivity index (χ0n) is 11.9. The third-order valence-electron chi connectivity index (χ3n) is 3.66. The number of Topliss-reactive ketones (excluding diaryl/α,β-unsaturated/α-hetero) is 1. The smallest absolute Gasteiger partial charge is 0.156 e. The van der Waals surface area contributed by atoms with E-state index in [1.54, 1.807) is 27.7 Å². The van der Waals surface area contributed by atoms with E-state index in [2.05, 4.69) is 0 Å². The summed E-state index contributed by atoms with van der Waals surface area (Å²) >= 11 is 0. The number of piperidine rings is 1. The van der Waals surface area contributed by atoms with Crippen molar-refractivity contribution < 1.29 is 13.2 Å². The molecule has 0 aliphatic carbocycles. The van der Waals surface area contributed by atoms with Gasteiger partial charge in [-0.25, -0.2) is 8.42 Å². The fourth-order valence-electron chi connectivity index (χ4n) is 2.26. The summed E-state index contributed by atoms with van der Waals surface area (Å²) in [5.74, 6) is 0.295. The van der Waals surface area contributed by atoms with Gasteiger partial charge in [0, 0.05) is 6.54 Å². The van der Waals surface area contributed by atoms with Crippen LogP contribution in [0.15, 0.2) is 0 Å². The molecule has 1 aliphatic rings. The maximum atomic E-state index is 12.1. The van der Waals surface area contributed by atoms with E-state index in [9.17, 15) is 13.2 Å². The molecule has 0 aromatic carbocycles. The van der Waals surface area contributed by atoms with Gasteiger partial charge in [0.2, 0.25) is 0 Å². The van der Waals surface area contributed by atoms with Crippen LogP contribution < -0.4 is 0 Å². The maximum absolute atomic E-state index is 12.1. The van der Waals surface area contributed by atoms with Crippen LogP contribution in [-0.4, -0.2) is 48.7 Å². The topological polar surface area (TPSA) is 54.5 Å². The molecule has 18 heavy (non-hydrogen) atoms. The van der Waals surface area contributed by atoms with Crippen LogP contribution in [0.3, 0.4) is 0 Å². The van der Waals surface area contributed by atoms with Crippen LogP contribution >= 0.6 is 0 Å². The van der Waals surface area contributed by atoms with Crippen LogP contribution in [0.25, 0.3) is 0 Å². The quantitative estimate of drug-likeness (QED) is 0.783. The van der Waals surface area contributed by atoms with Crippen molar-refractivity contribution >= 4 is 15.6 Å². The summed E-state index contributed by atoms with van der Waals surface area (Å²) in [4.78, 5) is 13.6. The predicted molar refractivity (Wildman–Crippen MR) is 73.4 cm³/mol. The minimum Gasteiger partial charge on any atom is -0.298 e. The molecule has 5 heteroatoms. The highest BCUT2D eigenvalue weighted by Gasteiger charge is 2.31. The van der Waals surface area contributed by atoms with E-state index in [0.29, 0.717) is 6.54 Å². The van der Waals surface area contributed by atoms with E-state index in [0.717, 1.165) is 25.8 Å². The molecule has 0 radical (unpaired) electrons. The lowest BCUT2D eigenvalue weighted by atomic mass is 9.99. The van der Waals surface area contributed by atoms with Crippen molar-refractivity contribution in [1.29, 1.82) is 0 Å². The molecule has 0 aromatic heterocycles. The normalized spacial score (nSPS) is 23.0. The number of nitrogens with zero attached hydrogens (tertiary/aromatic N) is 1. The molecular formula is C13H25NO3S. The Morgan fingerprint density at radius 1 is 1.28 bits per heavy atom. The number of carbonyl (C=O) groups is 1. The Bertz CT molecular complexity index is 395. The Morgan fingerprint density at radius 3 is 2.39 bits per heavy atom. The fraction of sp³-hybridized carbons (Fsp3) is 0.923. The molecule has 0 spiro atoms. The standard InChI is InChI=1S/C13H25NO3S/c1-11(15)12-7-5-6-8-14(12)9-10-18(16,17)13(2,3)4/h12H,5-10H2,1-4H3. The third kappa shape index (κ3) is 3.79. The van der Waals surface area contributed by atoms with E-state index in [1.165, 1.54) is 0 Å². The van der Waals surface area contributed by atoms with E-state index >= 15 is 0 Å². The van der Waals surface area contributed by atoms with Gasteiger partial charge < -0.3 is 0 Å². The fourth-order valence-corrected chi connectivity index (χ4v) is 3.35. The molecule has 0 bridgehead atoms. The third-order valence-corrected chi connectivity index (χ3v) is 6.25. The first-order valence-corrected chi connectivity index (χ1v) is 8.27. The van der Waals surface area contributed by atoms with Gasteiger partial charge in [0.1, 0.15) is 5.78 Å². The van der Waals surface area contributed by atoms with Crippen molar-refractivity contribution in [3.63, 3.8) is 0 Å². The maximum Gasteiger partial charge on any atom is 0.156 e. The van der Waals surface area contributed by atoms with Gasteiger partial charge in [-0.05, 0) is 47.1 Å². The summed E-state index contributed by atoms with van der Waals surface area (Å²) in [5.41, 5.74) is 0. The molecule has 1 unspecified atom stereocenters. The van der Waals surface area contributed by atoms with Gasteiger partial charge >= 0.3 is 0 Å². The summed E-state index contributed by atoms with van der Waals surface area (Å²) in [5, 5.41) is 0. The average molecular weight is 275 g/mol. The van der Waals surface area contributed by atoms with Crippen LogP contribution in [0.1, 0.15) is 47.0 Å². The molecule has 1 fully saturated rings. The highest BCUT2D eigenvalue weighted by Crippen LogP contribution is 2.20. The van der Waals surface area contributed by atoms with Gasteiger partial charge in [0.25, 0.3) is 0 Å².